The van der Waals surface area contributed by atoms with Crippen molar-refractivity contribution in [2.75, 3.05) is 0 Å². The SMILES string of the molecule is c1ccc(-n2c3ccc(-n4c5ccccc5c5ccccc54)cc3c3c4ccccc4n(-c4nccc5c4oc4ccccc45)c32)cc1. The summed E-state index contributed by atoms with van der Waals surface area (Å²) in [6.45, 7) is 0. The Morgan fingerprint density at radius 2 is 1.02 bits per heavy atom. The normalized spacial score (nSPS) is 12.2. The second-order valence-corrected chi connectivity index (χ2v) is 12.4. The van der Waals surface area contributed by atoms with Crippen molar-refractivity contribution in [3.05, 3.63) is 158 Å². The van der Waals surface area contributed by atoms with Crippen LogP contribution in [-0.2, 0) is 0 Å². The Balaban J connectivity index is 1.32. The third-order valence-corrected chi connectivity index (χ3v) is 9.89. The average Bonchev–Trinajstić information content (AvgIpc) is 3.88. The smallest absolute Gasteiger partial charge is 0.183 e. The van der Waals surface area contributed by atoms with Crippen LogP contribution in [0.25, 0.3) is 93.8 Å². The van der Waals surface area contributed by atoms with E-state index in [0.29, 0.717) is 0 Å². The predicted molar refractivity (Wildman–Crippen MR) is 197 cm³/mol. The van der Waals surface area contributed by atoms with Gasteiger partial charge in [-0.2, -0.15) is 0 Å². The molecule has 11 rings (SSSR count). The number of nitrogens with zero attached hydrogens (tertiary/aromatic N) is 4. The standard InChI is InChI=1S/C43H26N4O/c1-2-12-27(13-3-1)46-38-23-22-28(45-35-18-8-4-14-29(35)30-15-5-9-19-36(30)45)26-34(38)40-33-17-6-10-20-37(33)47(43(40)46)42-41-32(24-25-44-42)31-16-7-11-21-39(31)48-41/h1-26H. The molecule has 0 aliphatic rings. The minimum atomic E-state index is 0.775. The van der Waals surface area contributed by atoms with E-state index in [2.05, 4.69) is 153 Å². The molecule has 6 aromatic carbocycles. The third kappa shape index (κ3) is 3.32. The third-order valence-electron chi connectivity index (χ3n) is 9.89. The molecule has 0 atom stereocenters. The van der Waals surface area contributed by atoms with E-state index in [1.807, 2.05) is 18.3 Å². The Labute approximate surface area is 274 Å². The Hall–Kier alpha value is -6.59. The summed E-state index contributed by atoms with van der Waals surface area (Å²) in [6, 6.07) is 53.8. The minimum absolute atomic E-state index is 0.775. The molecule has 0 spiro atoms. The summed E-state index contributed by atoms with van der Waals surface area (Å²) >= 11 is 0. The summed E-state index contributed by atoms with van der Waals surface area (Å²) in [6.07, 6.45) is 1.90. The van der Waals surface area contributed by atoms with E-state index in [0.717, 1.165) is 55.8 Å². The second-order valence-electron chi connectivity index (χ2n) is 12.4. The van der Waals surface area contributed by atoms with Crippen LogP contribution in [-0.4, -0.2) is 18.7 Å². The molecule has 0 unspecified atom stereocenters. The van der Waals surface area contributed by atoms with Gasteiger partial charge in [0.1, 0.15) is 11.2 Å². The highest BCUT2D eigenvalue weighted by Crippen LogP contribution is 2.43. The van der Waals surface area contributed by atoms with Gasteiger partial charge in [-0.3, -0.25) is 9.13 Å². The number of benzene rings is 6. The van der Waals surface area contributed by atoms with Crippen molar-refractivity contribution >= 4 is 76.6 Å². The molecule has 0 bridgehead atoms. The first-order chi connectivity index (χ1) is 23.8. The van der Waals surface area contributed by atoms with Crippen molar-refractivity contribution in [1.29, 1.82) is 0 Å². The van der Waals surface area contributed by atoms with Crippen LogP contribution in [0.5, 0.6) is 0 Å². The Bertz CT molecular complexity index is 3010. The quantitative estimate of drug-likeness (QED) is 0.199. The van der Waals surface area contributed by atoms with Gasteiger partial charge < -0.3 is 8.98 Å². The van der Waals surface area contributed by atoms with Crippen molar-refractivity contribution in [2.24, 2.45) is 0 Å². The van der Waals surface area contributed by atoms with E-state index in [1.165, 1.54) is 38.0 Å². The topological polar surface area (TPSA) is 40.8 Å². The van der Waals surface area contributed by atoms with Gasteiger partial charge in [0.2, 0.25) is 0 Å². The van der Waals surface area contributed by atoms with E-state index in [1.54, 1.807) is 0 Å². The fraction of sp³-hybridized carbons (Fsp3) is 0. The molecule has 5 nitrogen and oxygen atoms in total. The van der Waals surface area contributed by atoms with E-state index in [4.69, 9.17) is 9.40 Å². The van der Waals surface area contributed by atoms with Crippen LogP contribution in [0.2, 0.25) is 0 Å². The lowest BCUT2D eigenvalue weighted by molar-refractivity contribution is 0.663. The molecule has 5 heterocycles. The maximum Gasteiger partial charge on any atom is 0.183 e. The lowest BCUT2D eigenvalue weighted by Gasteiger charge is -2.13. The van der Waals surface area contributed by atoms with Gasteiger partial charge in [0.05, 0.1) is 22.1 Å². The van der Waals surface area contributed by atoms with E-state index >= 15 is 0 Å². The number of hydrogen-bond donors (Lipinski definition) is 0. The average molecular weight is 615 g/mol. The molecule has 0 amide bonds. The zero-order chi connectivity index (χ0) is 31.3. The minimum Gasteiger partial charge on any atom is -0.452 e. The molecule has 0 saturated heterocycles. The van der Waals surface area contributed by atoms with Crippen molar-refractivity contribution in [1.82, 2.24) is 18.7 Å². The maximum absolute atomic E-state index is 6.58. The molecule has 0 saturated carbocycles. The number of aromatic nitrogens is 4. The second kappa shape index (κ2) is 9.47. The fourth-order valence-electron chi connectivity index (χ4n) is 7.93. The molecule has 48 heavy (non-hydrogen) atoms. The number of rotatable bonds is 3. The Morgan fingerprint density at radius 3 is 1.77 bits per heavy atom. The lowest BCUT2D eigenvalue weighted by Crippen LogP contribution is -2.03. The van der Waals surface area contributed by atoms with E-state index < -0.39 is 0 Å². The molecule has 0 fully saturated rings. The van der Waals surface area contributed by atoms with Gasteiger partial charge in [-0.25, -0.2) is 4.98 Å². The predicted octanol–water partition coefficient (Wildman–Crippen LogP) is 11.1. The highest BCUT2D eigenvalue weighted by molar-refractivity contribution is 6.23. The van der Waals surface area contributed by atoms with Crippen molar-refractivity contribution < 1.29 is 4.42 Å². The summed E-state index contributed by atoms with van der Waals surface area (Å²) in [5.41, 5.74) is 9.50. The molecule has 0 aliphatic carbocycles. The van der Waals surface area contributed by atoms with Crippen molar-refractivity contribution in [3.63, 3.8) is 0 Å². The lowest BCUT2D eigenvalue weighted by atomic mass is 10.1. The molecule has 0 aliphatic heterocycles. The number of hydrogen-bond acceptors (Lipinski definition) is 2. The fourth-order valence-corrected chi connectivity index (χ4v) is 7.93. The Morgan fingerprint density at radius 1 is 0.417 bits per heavy atom. The van der Waals surface area contributed by atoms with Crippen LogP contribution in [0.1, 0.15) is 0 Å². The van der Waals surface area contributed by atoms with Crippen LogP contribution in [0.15, 0.2) is 162 Å². The number of furan rings is 1. The molecule has 0 N–H and O–H groups in total. The van der Waals surface area contributed by atoms with Gasteiger partial charge in [-0.15, -0.1) is 0 Å². The molecular weight excluding hydrogens is 589 g/mol. The van der Waals surface area contributed by atoms with Crippen LogP contribution >= 0.6 is 0 Å². The van der Waals surface area contributed by atoms with Gasteiger partial charge in [0.25, 0.3) is 0 Å². The molecule has 11 aromatic rings. The van der Waals surface area contributed by atoms with E-state index in [-0.39, 0.29) is 0 Å². The number of para-hydroxylation sites is 5. The van der Waals surface area contributed by atoms with Gasteiger partial charge in [0.15, 0.2) is 11.4 Å². The van der Waals surface area contributed by atoms with E-state index in [9.17, 15) is 0 Å². The summed E-state index contributed by atoms with van der Waals surface area (Å²) in [5, 5.41) is 8.17. The van der Waals surface area contributed by atoms with Crippen molar-refractivity contribution in [3.8, 4) is 17.2 Å². The van der Waals surface area contributed by atoms with Gasteiger partial charge in [0, 0.05) is 55.3 Å². The van der Waals surface area contributed by atoms with Gasteiger partial charge in [-0.1, -0.05) is 91.0 Å². The molecule has 5 heteroatoms. The highest BCUT2D eigenvalue weighted by atomic mass is 16.3. The zero-order valence-electron chi connectivity index (χ0n) is 25.7. The van der Waals surface area contributed by atoms with Gasteiger partial charge in [-0.05, 0) is 60.7 Å². The summed E-state index contributed by atoms with van der Waals surface area (Å²) in [5.74, 6) is 0.775. The largest absolute Gasteiger partial charge is 0.452 e. The first-order valence-electron chi connectivity index (χ1n) is 16.2. The monoisotopic (exact) mass is 614 g/mol. The first kappa shape index (κ1) is 25.6. The maximum atomic E-state index is 6.58. The number of fused-ring (bicyclic) bond motifs is 11. The van der Waals surface area contributed by atoms with Crippen LogP contribution < -0.4 is 0 Å². The number of pyridine rings is 1. The zero-order valence-corrected chi connectivity index (χ0v) is 25.7. The van der Waals surface area contributed by atoms with Crippen LogP contribution in [0.4, 0.5) is 0 Å². The summed E-state index contributed by atoms with van der Waals surface area (Å²) < 4.78 is 13.6. The molecule has 224 valence electrons. The van der Waals surface area contributed by atoms with Crippen LogP contribution in [0, 0.1) is 0 Å². The first-order valence-corrected chi connectivity index (χ1v) is 16.2. The molecule has 5 aromatic heterocycles. The van der Waals surface area contributed by atoms with Crippen LogP contribution in [0.3, 0.4) is 0 Å². The molecular formula is C43H26N4O. The summed E-state index contributed by atoms with van der Waals surface area (Å²) in [4.78, 5) is 5.03. The van der Waals surface area contributed by atoms with Crippen molar-refractivity contribution in [2.45, 2.75) is 0 Å². The summed E-state index contributed by atoms with van der Waals surface area (Å²) in [7, 11) is 0. The molecule has 0 radical (unpaired) electrons. The Kier molecular flexibility index (Phi) is 5.05. The highest BCUT2D eigenvalue weighted by Gasteiger charge is 2.25. The van der Waals surface area contributed by atoms with Gasteiger partial charge >= 0.3 is 0 Å².